The van der Waals surface area contributed by atoms with Gasteiger partial charge in [-0.05, 0) is 55.0 Å². The molecule has 0 radical (unpaired) electrons. The van der Waals surface area contributed by atoms with E-state index in [1.165, 1.54) is 27.0 Å². The van der Waals surface area contributed by atoms with E-state index >= 15 is 0 Å². The lowest BCUT2D eigenvalue weighted by Gasteiger charge is -2.32. The van der Waals surface area contributed by atoms with E-state index in [9.17, 15) is 9.59 Å². The second-order valence-corrected chi connectivity index (χ2v) is 9.52. The Bertz CT molecular complexity index is 1200. The van der Waals surface area contributed by atoms with Gasteiger partial charge < -0.3 is 15.0 Å². The minimum atomic E-state index is -0.378. The molecule has 6 nitrogen and oxygen atoms in total. The lowest BCUT2D eigenvalue weighted by molar-refractivity contribution is 0.371. The van der Waals surface area contributed by atoms with E-state index in [4.69, 9.17) is 16.3 Å². The van der Waals surface area contributed by atoms with E-state index in [0.717, 1.165) is 25.1 Å². The lowest BCUT2D eigenvalue weighted by Crippen LogP contribution is -2.37. The Labute approximate surface area is 176 Å². The smallest absolute Gasteiger partial charge is 0.328 e. The normalized spacial score (nSPS) is 23.2. The first-order valence-electron chi connectivity index (χ1n) is 9.88. The van der Waals surface area contributed by atoms with Crippen molar-refractivity contribution in [1.29, 1.82) is 0 Å². The SMILES string of the molecule is COc1cccc2c1CC[C@H]1CNC(CCn3c(=O)[nH]c4cc(Cl)sc4c3=O)[C@@H]21. The summed E-state index contributed by atoms with van der Waals surface area (Å²) in [5.74, 6) is 1.91. The zero-order valence-corrected chi connectivity index (χ0v) is 17.6. The molecule has 0 bridgehead atoms. The molecule has 3 atom stereocenters. The van der Waals surface area contributed by atoms with Crippen LogP contribution in [0.1, 0.15) is 29.9 Å². The molecule has 1 aliphatic carbocycles. The predicted octanol–water partition coefficient (Wildman–Crippen LogP) is 3.12. The van der Waals surface area contributed by atoms with E-state index in [1.54, 1.807) is 13.2 Å². The van der Waals surface area contributed by atoms with Crippen molar-refractivity contribution in [3.05, 3.63) is 60.6 Å². The number of aromatic nitrogens is 2. The van der Waals surface area contributed by atoms with Gasteiger partial charge in [-0.15, -0.1) is 11.3 Å². The molecule has 0 saturated carbocycles. The van der Waals surface area contributed by atoms with Crippen LogP contribution >= 0.6 is 22.9 Å². The van der Waals surface area contributed by atoms with Gasteiger partial charge in [0.1, 0.15) is 10.4 Å². The summed E-state index contributed by atoms with van der Waals surface area (Å²) >= 11 is 7.22. The Hall–Kier alpha value is -2.09. The van der Waals surface area contributed by atoms with Crippen LogP contribution in [0.5, 0.6) is 5.75 Å². The minimum absolute atomic E-state index is 0.222. The molecule has 8 heteroatoms. The number of benzene rings is 1. The largest absolute Gasteiger partial charge is 0.496 e. The molecule has 2 aliphatic rings. The van der Waals surface area contributed by atoms with Crippen LogP contribution in [0.25, 0.3) is 10.2 Å². The van der Waals surface area contributed by atoms with Gasteiger partial charge in [0.2, 0.25) is 0 Å². The maximum atomic E-state index is 12.8. The van der Waals surface area contributed by atoms with Crippen LogP contribution in [0.3, 0.4) is 0 Å². The number of ether oxygens (including phenoxy) is 1. The van der Waals surface area contributed by atoms with Crippen molar-refractivity contribution in [2.45, 2.75) is 37.8 Å². The molecule has 0 amide bonds. The highest BCUT2D eigenvalue weighted by Crippen LogP contribution is 2.45. The molecular formula is C21H22ClN3O3S. The number of hydrogen-bond donors (Lipinski definition) is 2. The van der Waals surface area contributed by atoms with E-state index in [2.05, 4.69) is 22.4 Å². The number of halogens is 1. The molecule has 3 heterocycles. The van der Waals surface area contributed by atoms with Gasteiger partial charge in [-0.25, -0.2) is 4.79 Å². The first-order chi connectivity index (χ1) is 14.1. The van der Waals surface area contributed by atoms with Crippen LogP contribution in [0.2, 0.25) is 4.34 Å². The van der Waals surface area contributed by atoms with Gasteiger partial charge in [0.15, 0.2) is 0 Å². The van der Waals surface area contributed by atoms with Crippen LogP contribution in [-0.2, 0) is 13.0 Å². The Morgan fingerprint density at radius 1 is 1.34 bits per heavy atom. The fraction of sp³-hybridized carbons (Fsp3) is 0.429. The molecule has 1 fully saturated rings. The lowest BCUT2D eigenvalue weighted by atomic mass is 9.73. The second-order valence-electron chi connectivity index (χ2n) is 7.84. The van der Waals surface area contributed by atoms with Gasteiger partial charge in [-0.3, -0.25) is 9.36 Å². The maximum absolute atomic E-state index is 12.8. The zero-order chi connectivity index (χ0) is 20.1. The van der Waals surface area contributed by atoms with Crippen LogP contribution in [0, 0.1) is 5.92 Å². The molecular weight excluding hydrogens is 410 g/mol. The summed E-state index contributed by atoms with van der Waals surface area (Å²) in [6.07, 6.45) is 2.87. The highest BCUT2D eigenvalue weighted by Gasteiger charge is 2.40. The number of rotatable bonds is 4. The third-order valence-electron chi connectivity index (χ3n) is 6.39. The van der Waals surface area contributed by atoms with Gasteiger partial charge in [-0.1, -0.05) is 23.7 Å². The molecule has 29 heavy (non-hydrogen) atoms. The van der Waals surface area contributed by atoms with Crippen LogP contribution in [0.4, 0.5) is 0 Å². The van der Waals surface area contributed by atoms with Crippen LogP contribution in [0.15, 0.2) is 33.9 Å². The van der Waals surface area contributed by atoms with Crippen molar-refractivity contribution in [3.63, 3.8) is 0 Å². The number of aromatic amines is 1. The molecule has 1 aliphatic heterocycles. The predicted molar refractivity (Wildman–Crippen MR) is 116 cm³/mol. The summed E-state index contributed by atoms with van der Waals surface area (Å²) in [6.45, 7) is 1.34. The van der Waals surface area contributed by atoms with E-state index in [-0.39, 0.29) is 17.3 Å². The summed E-state index contributed by atoms with van der Waals surface area (Å²) < 4.78 is 7.88. The average Bonchev–Trinajstić information content (AvgIpc) is 3.30. The Balaban J connectivity index is 1.44. The van der Waals surface area contributed by atoms with Gasteiger partial charge in [0, 0.05) is 18.5 Å². The van der Waals surface area contributed by atoms with Gasteiger partial charge in [0.25, 0.3) is 5.56 Å². The Morgan fingerprint density at radius 2 is 2.21 bits per heavy atom. The van der Waals surface area contributed by atoms with Gasteiger partial charge >= 0.3 is 5.69 Å². The average molecular weight is 432 g/mol. The number of fused-ring (bicyclic) bond motifs is 4. The fourth-order valence-corrected chi connectivity index (χ4v) is 6.21. The van der Waals surface area contributed by atoms with Crippen molar-refractivity contribution in [1.82, 2.24) is 14.9 Å². The van der Waals surface area contributed by atoms with E-state index < -0.39 is 0 Å². The van der Waals surface area contributed by atoms with Gasteiger partial charge in [0.05, 0.1) is 17.0 Å². The number of thiophene rings is 1. The summed E-state index contributed by atoms with van der Waals surface area (Å²) in [5, 5.41) is 3.64. The third-order valence-corrected chi connectivity index (χ3v) is 7.64. The van der Waals surface area contributed by atoms with Crippen LogP contribution < -0.4 is 21.3 Å². The summed E-state index contributed by atoms with van der Waals surface area (Å²) in [7, 11) is 1.72. The van der Waals surface area contributed by atoms with E-state index in [1.807, 2.05) is 6.07 Å². The summed E-state index contributed by atoms with van der Waals surface area (Å²) in [5.41, 5.74) is 2.52. The minimum Gasteiger partial charge on any atom is -0.496 e. The Morgan fingerprint density at radius 3 is 3.03 bits per heavy atom. The molecule has 1 unspecified atom stereocenters. The quantitative estimate of drug-likeness (QED) is 0.665. The van der Waals surface area contributed by atoms with Crippen LogP contribution in [-0.4, -0.2) is 29.2 Å². The Kier molecular flexibility index (Phi) is 4.76. The van der Waals surface area contributed by atoms with Crippen molar-refractivity contribution in [2.24, 2.45) is 5.92 Å². The number of nitrogens with one attached hydrogen (secondary N) is 2. The number of methoxy groups -OCH3 is 1. The molecule has 152 valence electrons. The zero-order valence-electron chi connectivity index (χ0n) is 16.0. The monoisotopic (exact) mass is 431 g/mol. The highest BCUT2D eigenvalue weighted by molar-refractivity contribution is 7.22. The maximum Gasteiger partial charge on any atom is 0.328 e. The summed E-state index contributed by atoms with van der Waals surface area (Å²) in [4.78, 5) is 28.0. The van der Waals surface area contributed by atoms with Crippen molar-refractivity contribution >= 4 is 33.2 Å². The summed E-state index contributed by atoms with van der Waals surface area (Å²) in [6, 6.07) is 8.13. The third kappa shape index (κ3) is 3.12. The number of hydrogen-bond acceptors (Lipinski definition) is 5. The van der Waals surface area contributed by atoms with Crippen molar-refractivity contribution in [3.8, 4) is 5.75 Å². The van der Waals surface area contributed by atoms with Crippen molar-refractivity contribution < 1.29 is 4.74 Å². The molecule has 2 aromatic heterocycles. The first kappa shape index (κ1) is 18.9. The molecule has 3 aromatic rings. The first-order valence-corrected chi connectivity index (χ1v) is 11.1. The number of H-pyrrole nitrogens is 1. The molecule has 2 N–H and O–H groups in total. The topological polar surface area (TPSA) is 76.1 Å². The van der Waals surface area contributed by atoms with Gasteiger partial charge in [-0.2, -0.15) is 0 Å². The molecule has 1 saturated heterocycles. The van der Waals surface area contributed by atoms with Crippen molar-refractivity contribution in [2.75, 3.05) is 13.7 Å². The molecule has 5 rings (SSSR count). The highest BCUT2D eigenvalue weighted by atomic mass is 35.5. The number of nitrogens with zero attached hydrogens (tertiary/aromatic N) is 1. The van der Waals surface area contributed by atoms with E-state index in [0.29, 0.717) is 39.4 Å². The fourth-order valence-electron chi connectivity index (χ4n) is 5.08. The molecule has 0 spiro atoms. The standard InChI is InChI=1S/C21H22ClN3O3S/c1-28-16-4-2-3-13-12(16)6-5-11-10-23-14(18(11)13)7-8-25-20(26)19-15(24-21(25)27)9-17(22)29-19/h2-4,9,11,14,18,23H,5-8,10H2,1H3,(H,24,27)/t11-,14?,18+/m0/s1. The molecule has 1 aromatic carbocycles. The second kappa shape index (κ2) is 7.31.